The van der Waals surface area contributed by atoms with Crippen LogP contribution in [0.25, 0.3) is 0 Å². The average molecular weight is 435 g/mol. The molecule has 0 radical (unpaired) electrons. The monoisotopic (exact) mass is 434 g/mol. The highest BCUT2D eigenvalue weighted by atomic mass is 32.2. The van der Waals surface area contributed by atoms with E-state index in [1.807, 2.05) is 36.6 Å². The summed E-state index contributed by atoms with van der Waals surface area (Å²) in [5.41, 5.74) is 0.953. The predicted molar refractivity (Wildman–Crippen MR) is 120 cm³/mol. The number of hydrogen-bond acceptors (Lipinski definition) is 5. The molecule has 0 unspecified atom stereocenters. The molecule has 30 heavy (non-hydrogen) atoms. The number of ether oxygens (including phenoxy) is 1. The summed E-state index contributed by atoms with van der Waals surface area (Å²) in [4.78, 5) is 38.0. The highest BCUT2D eigenvalue weighted by Gasteiger charge is 2.30. The lowest BCUT2D eigenvalue weighted by Gasteiger charge is -2.28. The number of nitrogens with one attached hydrogen (secondary N) is 2. The zero-order chi connectivity index (χ0) is 21.9. The number of benzene rings is 1. The van der Waals surface area contributed by atoms with Crippen LogP contribution in [0.1, 0.15) is 44.6 Å². The first-order chi connectivity index (χ1) is 14.4. The summed E-state index contributed by atoms with van der Waals surface area (Å²) in [5.74, 6) is 0.415. The zero-order valence-electron chi connectivity index (χ0n) is 18.2. The maximum atomic E-state index is 13.1. The van der Waals surface area contributed by atoms with Gasteiger partial charge in [0.05, 0.1) is 7.11 Å². The number of amides is 2. The number of rotatable bonds is 10. The molecule has 0 bridgehead atoms. The van der Waals surface area contributed by atoms with Crippen molar-refractivity contribution in [2.75, 3.05) is 19.1 Å². The van der Waals surface area contributed by atoms with Gasteiger partial charge in [0.2, 0.25) is 11.8 Å². The van der Waals surface area contributed by atoms with Crippen molar-refractivity contribution in [1.29, 1.82) is 0 Å². The Hall–Kier alpha value is -2.02. The van der Waals surface area contributed by atoms with Gasteiger partial charge in [-0.05, 0) is 55.6 Å². The molecule has 0 saturated heterocycles. The smallest absolute Gasteiger partial charge is 0.328 e. The normalized spacial score (nSPS) is 20.6. The molecule has 6 nitrogen and oxygen atoms in total. The van der Waals surface area contributed by atoms with E-state index in [0.29, 0.717) is 18.8 Å². The fourth-order valence-corrected chi connectivity index (χ4v) is 4.24. The van der Waals surface area contributed by atoms with Gasteiger partial charge in [0.15, 0.2) is 0 Å². The Balaban J connectivity index is 2.09. The van der Waals surface area contributed by atoms with Crippen LogP contribution in [0.2, 0.25) is 0 Å². The van der Waals surface area contributed by atoms with Crippen molar-refractivity contribution in [2.24, 2.45) is 11.8 Å². The van der Waals surface area contributed by atoms with Crippen LogP contribution in [-0.2, 0) is 25.5 Å². The molecule has 166 valence electrons. The van der Waals surface area contributed by atoms with Crippen molar-refractivity contribution < 1.29 is 19.1 Å². The number of hydrogen-bond donors (Lipinski definition) is 2. The van der Waals surface area contributed by atoms with Crippen LogP contribution in [0, 0.1) is 11.8 Å². The van der Waals surface area contributed by atoms with Gasteiger partial charge in [0.25, 0.3) is 0 Å². The highest BCUT2D eigenvalue weighted by molar-refractivity contribution is 7.98. The topological polar surface area (TPSA) is 84.5 Å². The fourth-order valence-electron chi connectivity index (χ4n) is 3.77. The van der Waals surface area contributed by atoms with Crippen molar-refractivity contribution in [3.8, 4) is 0 Å². The Morgan fingerprint density at radius 3 is 2.33 bits per heavy atom. The molecule has 1 aliphatic carbocycles. The molecule has 2 N–H and O–H groups in total. The van der Waals surface area contributed by atoms with Gasteiger partial charge >= 0.3 is 5.97 Å². The molecule has 0 heterocycles. The summed E-state index contributed by atoms with van der Waals surface area (Å²) in [5, 5.41) is 5.76. The molecule has 1 saturated carbocycles. The second-order valence-electron chi connectivity index (χ2n) is 8.07. The van der Waals surface area contributed by atoms with Crippen molar-refractivity contribution in [3.05, 3.63) is 35.9 Å². The van der Waals surface area contributed by atoms with E-state index in [-0.39, 0.29) is 17.7 Å². The Labute approximate surface area is 183 Å². The summed E-state index contributed by atoms with van der Waals surface area (Å²) in [6, 6.07) is 8.13. The lowest BCUT2D eigenvalue weighted by molar-refractivity contribution is -0.145. The van der Waals surface area contributed by atoms with Gasteiger partial charge in [-0.3, -0.25) is 9.59 Å². The highest BCUT2D eigenvalue weighted by Crippen LogP contribution is 2.28. The Morgan fingerprint density at radius 1 is 1.07 bits per heavy atom. The van der Waals surface area contributed by atoms with Crippen LogP contribution in [-0.4, -0.2) is 49.0 Å². The molecular weight excluding hydrogens is 400 g/mol. The Bertz CT molecular complexity index is 690. The van der Waals surface area contributed by atoms with Gasteiger partial charge in [-0.1, -0.05) is 37.3 Å². The van der Waals surface area contributed by atoms with Crippen LogP contribution in [0.15, 0.2) is 30.3 Å². The summed E-state index contributed by atoms with van der Waals surface area (Å²) >= 11 is 1.60. The van der Waals surface area contributed by atoms with Crippen LogP contribution in [0.3, 0.4) is 0 Å². The van der Waals surface area contributed by atoms with E-state index >= 15 is 0 Å². The van der Waals surface area contributed by atoms with Crippen molar-refractivity contribution >= 4 is 29.5 Å². The van der Waals surface area contributed by atoms with Crippen LogP contribution in [0.5, 0.6) is 0 Å². The van der Waals surface area contributed by atoms with Gasteiger partial charge in [0.1, 0.15) is 12.1 Å². The first-order valence-corrected chi connectivity index (χ1v) is 12.0. The molecule has 0 spiro atoms. The summed E-state index contributed by atoms with van der Waals surface area (Å²) < 4.78 is 4.84. The number of thioether (sulfide) groups is 1. The van der Waals surface area contributed by atoms with Gasteiger partial charge in [0, 0.05) is 12.3 Å². The Morgan fingerprint density at radius 2 is 1.73 bits per heavy atom. The molecule has 2 amide bonds. The average Bonchev–Trinajstić information content (AvgIpc) is 2.76. The molecule has 2 rings (SSSR count). The fraction of sp³-hybridized carbons (Fsp3) is 0.609. The lowest BCUT2D eigenvalue weighted by Crippen LogP contribution is -2.53. The van der Waals surface area contributed by atoms with Crippen LogP contribution in [0.4, 0.5) is 0 Å². The first-order valence-electron chi connectivity index (χ1n) is 10.7. The SMILES string of the molecule is COC(=O)[C@@H](CCSC)NC(=O)[C@H](Cc1ccccc1)NC(=O)C1CCC(C)CC1. The molecule has 1 aromatic rings. The number of carbonyl (C=O) groups excluding carboxylic acids is 3. The largest absolute Gasteiger partial charge is 0.467 e. The molecule has 2 atom stereocenters. The minimum absolute atomic E-state index is 0.0554. The summed E-state index contributed by atoms with van der Waals surface area (Å²) in [7, 11) is 1.31. The standard InChI is InChI=1S/C23H34N2O4S/c1-16-9-11-18(12-10-16)21(26)25-20(15-17-7-5-4-6-8-17)22(27)24-19(13-14-30-3)23(28)29-2/h4-8,16,18-20H,9-15H2,1-3H3,(H,24,27)(H,25,26)/t16?,18?,19-,20+/m1/s1. The van der Waals surface area contributed by atoms with Crippen molar-refractivity contribution in [3.63, 3.8) is 0 Å². The molecule has 0 aliphatic heterocycles. The second-order valence-corrected chi connectivity index (χ2v) is 9.06. The molecule has 1 aliphatic rings. The van der Waals surface area contributed by atoms with E-state index in [1.54, 1.807) is 11.8 Å². The van der Waals surface area contributed by atoms with Crippen LogP contribution >= 0.6 is 11.8 Å². The van der Waals surface area contributed by atoms with Gasteiger partial charge < -0.3 is 15.4 Å². The summed E-state index contributed by atoms with van der Waals surface area (Å²) in [6.07, 6.45) is 6.57. The van der Waals surface area contributed by atoms with E-state index in [4.69, 9.17) is 4.74 Å². The zero-order valence-corrected chi connectivity index (χ0v) is 19.0. The minimum Gasteiger partial charge on any atom is -0.467 e. The minimum atomic E-state index is -0.735. The molecule has 0 aromatic heterocycles. The molecular formula is C23H34N2O4S. The lowest BCUT2D eigenvalue weighted by atomic mass is 9.82. The number of esters is 1. The summed E-state index contributed by atoms with van der Waals surface area (Å²) in [6.45, 7) is 2.21. The maximum absolute atomic E-state index is 13.1. The van der Waals surface area contributed by atoms with Crippen molar-refractivity contribution in [1.82, 2.24) is 10.6 Å². The van der Waals surface area contributed by atoms with Gasteiger partial charge in [-0.25, -0.2) is 4.79 Å². The third-order valence-corrected chi connectivity index (χ3v) is 6.36. The van der Waals surface area contributed by atoms with E-state index in [0.717, 1.165) is 37.0 Å². The third kappa shape index (κ3) is 7.67. The first kappa shape index (κ1) is 24.3. The molecule has 1 aromatic carbocycles. The predicted octanol–water partition coefficient (Wildman–Crippen LogP) is 2.95. The maximum Gasteiger partial charge on any atom is 0.328 e. The Kier molecular flexibility index (Phi) is 10.2. The third-order valence-electron chi connectivity index (χ3n) is 5.72. The van der Waals surface area contributed by atoms with E-state index in [1.165, 1.54) is 7.11 Å². The quantitative estimate of drug-likeness (QED) is 0.553. The van der Waals surface area contributed by atoms with Crippen molar-refractivity contribution in [2.45, 2.75) is 57.5 Å². The van der Waals surface area contributed by atoms with E-state index in [2.05, 4.69) is 17.6 Å². The van der Waals surface area contributed by atoms with Gasteiger partial charge in [-0.15, -0.1) is 0 Å². The van der Waals surface area contributed by atoms with E-state index < -0.39 is 18.1 Å². The number of carbonyl (C=O) groups is 3. The van der Waals surface area contributed by atoms with Crippen LogP contribution < -0.4 is 10.6 Å². The van der Waals surface area contributed by atoms with Gasteiger partial charge in [-0.2, -0.15) is 11.8 Å². The molecule has 1 fully saturated rings. The molecule has 7 heteroatoms. The van der Waals surface area contributed by atoms with E-state index in [9.17, 15) is 14.4 Å². The second kappa shape index (κ2) is 12.6. The number of methoxy groups -OCH3 is 1.